The zero-order chi connectivity index (χ0) is 21.6. The fraction of sp³-hybridized carbons (Fsp3) is 0.320. The maximum absolute atomic E-state index is 13.0. The number of carbonyl (C=O) groups is 1. The lowest BCUT2D eigenvalue weighted by atomic mass is 10.1. The smallest absolute Gasteiger partial charge is 0.223 e. The number of benzene rings is 1. The van der Waals surface area contributed by atoms with Crippen molar-refractivity contribution in [2.45, 2.75) is 45.1 Å². The standard InChI is InChI=1S/C25H27FN4O/c1-18-6-2-10-23(27-18)29-24-11-4-8-21(28-24)22-9-5-17-30(22)25(31)12-3-7-19-13-15-20(26)16-14-19/h2,4,6,8,10-11,13-16,22H,3,5,7,9,12,17H2,1H3,(H,27,28,29)/t22-/m1/s1. The van der Waals surface area contributed by atoms with Crippen molar-refractivity contribution in [3.63, 3.8) is 0 Å². The molecule has 1 amide bonds. The molecule has 2 aromatic heterocycles. The number of nitrogens with one attached hydrogen (secondary N) is 1. The molecule has 0 radical (unpaired) electrons. The number of carbonyl (C=O) groups excluding carboxylic acids is 1. The van der Waals surface area contributed by atoms with Gasteiger partial charge in [-0.15, -0.1) is 0 Å². The monoisotopic (exact) mass is 418 g/mol. The van der Waals surface area contributed by atoms with Gasteiger partial charge < -0.3 is 10.2 Å². The molecule has 160 valence electrons. The first-order valence-corrected chi connectivity index (χ1v) is 10.8. The minimum atomic E-state index is -0.234. The Labute approximate surface area is 182 Å². The average Bonchev–Trinajstić information content (AvgIpc) is 3.25. The number of halogens is 1. The molecule has 0 spiro atoms. The van der Waals surface area contributed by atoms with Gasteiger partial charge in [0.1, 0.15) is 17.5 Å². The maximum atomic E-state index is 13.0. The van der Waals surface area contributed by atoms with Crippen LogP contribution in [-0.4, -0.2) is 27.3 Å². The third kappa shape index (κ3) is 5.45. The van der Waals surface area contributed by atoms with E-state index in [9.17, 15) is 9.18 Å². The number of hydrogen-bond donors (Lipinski definition) is 1. The summed E-state index contributed by atoms with van der Waals surface area (Å²) in [4.78, 5) is 24.1. The van der Waals surface area contributed by atoms with Gasteiger partial charge in [-0.2, -0.15) is 0 Å². The Kier molecular flexibility index (Phi) is 6.55. The summed E-state index contributed by atoms with van der Waals surface area (Å²) < 4.78 is 13.0. The lowest BCUT2D eigenvalue weighted by Gasteiger charge is -2.25. The molecule has 0 unspecified atom stereocenters. The summed E-state index contributed by atoms with van der Waals surface area (Å²) >= 11 is 0. The van der Waals surface area contributed by atoms with Crippen LogP contribution < -0.4 is 5.32 Å². The molecular formula is C25H27FN4O. The molecule has 1 fully saturated rings. The number of hydrogen-bond acceptors (Lipinski definition) is 4. The molecule has 6 heteroatoms. The second-order valence-electron chi connectivity index (χ2n) is 7.96. The lowest BCUT2D eigenvalue weighted by molar-refractivity contribution is -0.132. The fourth-order valence-corrected chi connectivity index (χ4v) is 4.06. The van der Waals surface area contributed by atoms with Crippen LogP contribution in [0, 0.1) is 12.7 Å². The van der Waals surface area contributed by atoms with E-state index in [1.54, 1.807) is 12.1 Å². The van der Waals surface area contributed by atoms with Crippen LogP contribution in [0.2, 0.25) is 0 Å². The van der Waals surface area contributed by atoms with Crippen molar-refractivity contribution in [3.05, 3.63) is 83.4 Å². The van der Waals surface area contributed by atoms with Gasteiger partial charge in [0.05, 0.1) is 11.7 Å². The van der Waals surface area contributed by atoms with Crippen LogP contribution in [0.1, 0.15) is 48.7 Å². The van der Waals surface area contributed by atoms with Crippen LogP contribution in [-0.2, 0) is 11.2 Å². The Balaban J connectivity index is 1.38. The molecule has 1 N–H and O–H groups in total. The van der Waals surface area contributed by atoms with Gasteiger partial charge in [0.25, 0.3) is 0 Å². The molecule has 0 aliphatic carbocycles. The Morgan fingerprint density at radius 1 is 1.06 bits per heavy atom. The molecule has 5 nitrogen and oxygen atoms in total. The minimum absolute atomic E-state index is 0.00513. The normalized spacial score (nSPS) is 15.8. The van der Waals surface area contributed by atoms with E-state index >= 15 is 0 Å². The van der Waals surface area contributed by atoms with E-state index in [4.69, 9.17) is 4.98 Å². The molecule has 31 heavy (non-hydrogen) atoms. The van der Waals surface area contributed by atoms with Gasteiger partial charge in [-0.1, -0.05) is 24.3 Å². The topological polar surface area (TPSA) is 58.1 Å². The largest absolute Gasteiger partial charge is 0.334 e. The van der Waals surface area contributed by atoms with Gasteiger partial charge in [-0.25, -0.2) is 14.4 Å². The number of pyridine rings is 2. The number of aromatic nitrogens is 2. The first-order chi connectivity index (χ1) is 15.1. The van der Waals surface area contributed by atoms with Crippen molar-refractivity contribution >= 4 is 17.5 Å². The summed E-state index contributed by atoms with van der Waals surface area (Å²) in [5.74, 6) is 1.41. The highest BCUT2D eigenvalue weighted by Gasteiger charge is 2.30. The van der Waals surface area contributed by atoms with E-state index in [1.807, 2.05) is 48.2 Å². The molecule has 0 saturated carbocycles. The second-order valence-corrected chi connectivity index (χ2v) is 7.96. The van der Waals surface area contributed by atoms with Crippen molar-refractivity contribution in [2.75, 3.05) is 11.9 Å². The van der Waals surface area contributed by atoms with E-state index < -0.39 is 0 Å². The van der Waals surface area contributed by atoms with Crippen molar-refractivity contribution in [3.8, 4) is 0 Å². The second kappa shape index (κ2) is 9.69. The molecule has 1 saturated heterocycles. The third-order valence-electron chi connectivity index (χ3n) is 5.60. The molecular weight excluding hydrogens is 391 g/mol. The van der Waals surface area contributed by atoms with Crippen LogP contribution in [0.5, 0.6) is 0 Å². The summed E-state index contributed by atoms with van der Waals surface area (Å²) in [5.41, 5.74) is 2.90. The number of amides is 1. The van der Waals surface area contributed by atoms with Crippen LogP contribution in [0.25, 0.3) is 0 Å². The van der Waals surface area contributed by atoms with E-state index in [0.717, 1.165) is 60.8 Å². The van der Waals surface area contributed by atoms with Crippen LogP contribution >= 0.6 is 0 Å². The zero-order valence-corrected chi connectivity index (χ0v) is 17.7. The van der Waals surface area contributed by atoms with Gasteiger partial charge in [0, 0.05) is 18.7 Å². The third-order valence-corrected chi connectivity index (χ3v) is 5.60. The predicted octanol–water partition coefficient (Wildman–Crippen LogP) is 5.35. The van der Waals surface area contributed by atoms with Crippen molar-refractivity contribution in [1.29, 1.82) is 0 Å². The summed E-state index contributed by atoms with van der Waals surface area (Å²) in [6.07, 6.45) is 3.91. The van der Waals surface area contributed by atoms with Gasteiger partial charge in [0.15, 0.2) is 0 Å². The van der Waals surface area contributed by atoms with E-state index in [1.165, 1.54) is 12.1 Å². The van der Waals surface area contributed by atoms with Gasteiger partial charge in [0.2, 0.25) is 5.91 Å². The van der Waals surface area contributed by atoms with E-state index in [2.05, 4.69) is 10.3 Å². The highest BCUT2D eigenvalue weighted by molar-refractivity contribution is 5.77. The average molecular weight is 419 g/mol. The fourth-order valence-electron chi connectivity index (χ4n) is 4.06. The quantitative estimate of drug-likeness (QED) is 0.562. The van der Waals surface area contributed by atoms with Crippen molar-refractivity contribution in [1.82, 2.24) is 14.9 Å². The molecule has 1 aliphatic rings. The summed E-state index contributed by atoms with van der Waals surface area (Å²) in [7, 11) is 0. The summed E-state index contributed by atoms with van der Waals surface area (Å²) in [6, 6.07) is 18.2. The Bertz CT molecular complexity index is 1040. The molecule has 1 atom stereocenters. The number of likely N-dealkylation sites (tertiary alicyclic amines) is 1. The molecule has 1 aromatic carbocycles. The highest BCUT2D eigenvalue weighted by Crippen LogP contribution is 2.32. The Hall–Kier alpha value is -3.28. The highest BCUT2D eigenvalue weighted by atomic mass is 19.1. The first-order valence-electron chi connectivity index (χ1n) is 10.8. The Morgan fingerprint density at radius 3 is 2.58 bits per heavy atom. The van der Waals surface area contributed by atoms with Crippen LogP contribution in [0.15, 0.2) is 60.7 Å². The molecule has 4 rings (SSSR count). The molecule has 0 bridgehead atoms. The summed E-state index contributed by atoms with van der Waals surface area (Å²) in [5, 5.41) is 3.26. The molecule has 3 heterocycles. The van der Waals surface area contributed by atoms with Crippen molar-refractivity contribution in [2.24, 2.45) is 0 Å². The lowest BCUT2D eigenvalue weighted by Crippen LogP contribution is -2.30. The van der Waals surface area contributed by atoms with Gasteiger partial charge in [-0.3, -0.25) is 4.79 Å². The number of aryl methyl sites for hydroxylation is 2. The Morgan fingerprint density at radius 2 is 1.81 bits per heavy atom. The maximum Gasteiger partial charge on any atom is 0.223 e. The van der Waals surface area contributed by atoms with Crippen LogP contribution in [0.4, 0.5) is 16.0 Å². The van der Waals surface area contributed by atoms with Gasteiger partial charge >= 0.3 is 0 Å². The number of nitrogens with zero attached hydrogens (tertiary/aromatic N) is 3. The van der Waals surface area contributed by atoms with Crippen LogP contribution in [0.3, 0.4) is 0 Å². The van der Waals surface area contributed by atoms with Crippen molar-refractivity contribution < 1.29 is 9.18 Å². The zero-order valence-electron chi connectivity index (χ0n) is 17.7. The molecule has 1 aliphatic heterocycles. The minimum Gasteiger partial charge on any atom is -0.334 e. The predicted molar refractivity (Wildman–Crippen MR) is 120 cm³/mol. The number of rotatable bonds is 7. The SMILES string of the molecule is Cc1cccc(Nc2cccc([C@H]3CCCN3C(=O)CCCc3ccc(F)cc3)n2)n1. The van der Waals surface area contributed by atoms with E-state index in [0.29, 0.717) is 6.42 Å². The van der Waals surface area contributed by atoms with E-state index in [-0.39, 0.29) is 17.8 Å². The number of anilines is 2. The summed E-state index contributed by atoms with van der Waals surface area (Å²) in [6.45, 7) is 2.71. The molecule has 3 aromatic rings. The van der Waals surface area contributed by atoms with Gasteiger partial charge in [-0.05, 0) is 74.6 Å². The first kappa shape index (κ1) is 21.0.